The lowest BCUT2D eigenvalue weighted by molar-refractivity contribution is -0.117. The molecule has 4 aromatic carbocycles. The molecule has 0 saturated heterocycles. The Morgan fingerprint density at radius 1 is 0.765 bits per heavy atom. The zero-order valence-electron chi connectivity index (χ0n) is 18.9. The molecule has 4 aromatic rings. The molecular weight excluding hydrogens is 422 g/mol. The van der Waals surface area contributed by atoms with Crippen LogP contribution >= 0.6 is 0 Å². The van der Waals surface area contributed by atoms with Crippen molar-refractivity contribution < 1.29 is 14.4 Å². The number of hydrogen-bond acceptors (Lipinski definition) is 3. The van der Waals surface area contributed by atoms with Crippen molar-refractivity contribution in [3.05, 3.63) is 137 Å². The molecule has 0 heterocycles. The number of carbonyl (C=O) groups excluding carboxylic acids is 3. The first kappa shape index (κ1) is 22.9. The van der Waals surface area contributed by atoms with E-state index < -0.39 is 5.92 Å². The first-order valence-corrected chi connectivity index (χ1v) is 11.2. The van der Waals surface area contributed by atoms with Gasteiger partial charge in [-0.15, -0.1) is 0 Å². The van der Waals surface area contributed by atoms with Crippen LogP contribution in [0, 0.1) is 0 Å². The number of amides is 1. The fourth-order valence-electron chi connectivity index (χ4n) is 3.91. The summed E-state index contributed by atoms with van der Waals surface area (Å²) in [6.07, 6.45) is 1.38. The highest BCUT2D eigenvalue weighted by molar-refractivity contribution is 6.09. The van der Waals surface area contributed by atoms with E-state index in [4.69, 9.17) is 0 Å². The Labute approximate surface area is 199 Å². The summed E-state index contributed by atoms with van der Waals surface area (Å²) in [7, 11) is 0. The van der Waals surface area contributed by atoms with Gasteiger partial charge in [-0.05, 0) is 35.7 Å². The summed E-state index contributed by atoms with van der Waals surface area (Å²) >= 11 is 0. The largest absolute Gasteiger partial charge is 0.325 e. The molecule has 0 aliphatic carbocycles. The molecule has 0 fully saturated rings. The number of rotatable bonds is 8. The number of carbonyl (C=O) groups is 3. The van der Waals surface area contributed by atoms with Gasteiger partial charge in [0, 0.05) is 28.8 Å². The third kappa shape index (κ3) is 5.18. The number of para-hydroxylation sites is 1. The number of anilines is 1. The Bertz CT molecular complexity index is 1330. The van der Waals surface area contributed by atoms with Crippen LogP contribution in [0.15, 0.2) is 103 Å². The predicted octanol–water partition coefficient (Wildman–Crippen LogP) is 6.06. The average Bonchev–Trinajstić information content (AvgIpc) is 2.89. The van der Waals surface area contributed by atoms with E-state index in [1.807, 2.05) is 73.7 Å². The van der Waals surface area contributed by atoms with Crippen molar-refractivity contribution in [1.82, 2.24) is 0 Å². The number of ketones is 1. The smallest absolute Gasteiger partial charge is 0.231 e. The average molecular weight is 448 g/mol. The van der Waals surface area contributed by atoms with E-state index in [9.17, 15) is 14.4 Å². The van der Waals surface area contributed by atoms with Crippen LogP contribution in [0.5, 0.6) is 0 Å². The number of hydrogen-bond donors (Lipinski definition) is 1. The SMILES string of the molecule is CC(C(=O)Nc1ccccc1Cc1ccccc1C=O)c1cccc(C(=O)c2ccccc2)c1. The standard InChI is InChI=1S/C30H25NO3/c1-21(23-15-9-16-26(18-23)29(33)22-10-3-2-4-11-22)30(34)31-28-17-8-7-13-25(28)19-24-12-5-6-14-27(24)20-32/h2-18,20-21H,19H2,1H3,(H,31,34). The maximum absolute atomic E-state index is 13.1. The molecular formula is C30H25NO3. The van der Waals surface area contributed by atoms with Gasteiger partial charge in [-0.2, -0.15) is 0 Å². The molecule has 0 aromatic heterocycles. The highest BCUT2D eigenvalue weighted by Gasteiger charge is 2.19. The van der Waals surface area contributed by atoms with Crippen molar-refractivity contribution in [3.8, 4) is 0 Å². The third-order valence-corrected chi connectivity index (χ3v) is 5.92. The maximum atomic E-state index is 13.1. The van der Waals surface area contributed by atoms with Gasteiger partial charge in [0.05, 0.1) is 5.92 Å². The molecule has 1 amide bonds. The first-order chi connectivity index (χ1) is 16.6. The molecule has 0 aliphatic heterocycles. The van der Waals surface area contributed by atoms with Crippen LogP contribution in [0.3, 0.4) is 0 Å². The molecule has 0 radical (unpaired) electrons. The number of nitrogens with one attached hydrogen (secondary N) is 1. The van der Waals surface area contributed by atoms with E-state index in [0.29, 0.717) is 28.8 Å². The Hall–Kier alpha value is -4.31. The van der Waals surface area contributed by atoms with Gasteiger partial charge < -0.3 is 5.32 Å². The van der Waals surface area contributed by atoms with Gasteiger partial charge in [0.1, 0.15) is 6.29 Å². The van der Waals surface area contributed by atoms with Crippen molar-refractivity contribution >= 4 is 23.7 Å². The van der Waals surface area contributed by atoms with Crippen LogP contribution < -0.4 is 5.32 Å². The second-order valence-electron chi connectivity index (χ2n) is 8.18. The Kier molecular flexibility index (Phi) is 7.09. The van der Waals surface area contributed by atoms with Crippen molar-refractivity contribution in [1.29, 1.82) is 0 Å². The fourth-order valence-corrected chi connectivity index (χ4v) is 3.91. The topological polar surface area (TPSA) is 63.2 Å². The fraction of sp³-hybridized carbons (Fsp3) is 0.100. The predicted molar refractivity (Wildman–Crippen MR) is 134 cm³/mol. The summed E-state index contributed by atoms with van der Waals surface area (Å²) in [6, 6.07) is 31.3. The van der Waals surface area contributed by atoms with Crippen LogP contribution in [0.4, 0.5) is 5.69 Å². The van der Waals surface area contributed by atoms with Crippen molar-refractivity contribution in [2.45, 2.75) is 19.3 Å². The lowest BCUT2D eigenvalue weighted by Gasteiger charge is -2.16. The minimum absolute atomic E-state index is 0.0748. The summed E-state index contributed by atoms with van der Waals surface area (Å²) in [5, 5.41) is 3.03. The van der Waals surface area contributed by atoms with E-state index in [-0.39, 0.29) is 11.7 Å². The van der Waals surface area contributed by atoms with E-state index in [1.54, 1.807) is 36.4 Å². The molecule has 0 saturated carbocycles. The van der Waals surface area contributed by atoms with Gasteiger partial charge in [0.25, 0.3) is 0 Å². The molecule has 0 bridgehead atoms. The van der Waals surface area contributed by atoms with Gasteiger partial charge in [-0.1, -0.05) is 91.0 Å². The summed E-state index contributed by atoms with van der Waals surface area (Å²) in [5.41, 5.74) is 5.09. The summed E-state index contributed by atoms with van der Waals surface area (Å²) in [6.45, 7) is 1.83. The first-order valence-electron chi connectivity index (χ1n) is 11.2. The highest BCUT2D eigenvalue weighted by Crippen LogP contribution is 2.24. The van der Waals surface area contributed by atoms with Crippen LogP contribution in [0.1, 0.15) is 55.8 Å². The van der Waals surface area contributed by atoms with Gasteiger partial charge in [0.2, 0.25) is 5.91 Å². The molecule has 4 heteroatoms. The van der Waals surface area contributed by atoms with Gasteiger partial charge in [-0.25, -0.2) is 0 Å². The Morgan fingerprint density at radius 2 is 1.41 bits per heavy atom. The molecule has 0 aliphatic rings. The molecule has 1 N–H and O–H groups in total. The van der Waals surface area contributed by atoms with Crippen molar-refractivity contribution in [3.63, 3.8) is 0 Å². The summed E-state index contributed by atoms with van der Waals surface area (Å²) in [5.74, 6) is -0.700. The minimum Gasteiger partial charge on any atom is -0.325 e. The van der Waals surface area contributed by atoms with E-state index in [0.717, 1.165) is 23.0 Å². The quantitative estimate of drug-likeness (QED) is 0.264. The van der Waals surface area contributed by atoms with E-state index >= 15 is 0 Å². The molecule has 1 atom stereocenters. The Morgan fingerprint density at radius 3 is 2.18 bits per heavy atom. The van der Waals surface area contributed by atoms with Crippen LogP contribution in [-0.4, -0.2) is 18.0 Å². The molecule has 0 spiro atoms. The lowest BCUT2D eigenvalue weighted by Crippen LogP contribution is -2.20. The van der Waals surface area contributed by atoms with Crippen molar-refractivity contribution in [2.75, 3.05) is 5.32 Å². The van der Waals surface area contributed by atoms with Gasteiger partial charge in [-0.3, -0.25) is 14.4 Å². The minimum atomic E-state index is -0.459. The summed E-state index contributed by atoms with van der Waals surface area (Å²) in [4.78, 5) is 37.4. The van der Waals surface area contributed by atoms with Crippen LogP contribution in [-0.2, 0) is 11.2 Å². The number of benzene rings is 4. The molecule has 4 nitrogen and oxygen atoms in total. The second-order valence-corrected chi connectivity index (χ2v) is 8.18. The molecule has 34 heavy (non-hydrogen) atoms. The maximum Gasteiger partial charge on any atom is 0.231 e. The van der Waals surface area contributed by atoms with Crippen LogP contribution in [0.25, 0.3) is 0 Å². The van der Waals surface area contributed by atoms with Crippen molar-refractivity contribution in [2.24, 2.45) is 0 Å². The monoisotopic (exact) mass is 447 g/mol. The third-order valence-electron chi connectivity index (χ3n) is 5.92. The Balaban J connectivity index is 1.53. The van der Waals surface area contributed by atoms with E-state index in [2.05, 4.69) is 5.32 Å². The lowest BCUT2D eigenvalue weighted by atomic mass is 9.94. The van der Waals surface area contributed by atoms with E-state index in [1.165, 1.54) is 0 Å². The molecule has 1 unspecified atom stereocenters. The molecule has 168 valence electrons. The van der Waals surface area contributed by atoms with Gasteiger partial charge >= 0.3 is 0 Å². The highest BCUT2D eigenvalue weighted by atomic mass is 16.2. The zero-order valence-corrected chi connectivity index (χ0v) is 18.9. The van der Waals surface area contributed by atoms with Crippen LogP contribution in [0.2, 0.25) is 0 Å². The number of aldehydes is 1. The van der Waals surface area contributed by atoms with Gasteiger partial charge in [0.15, 0.2) is 5.78 Å². The normalized spacial score (nSPS) is 11.4. The summed E-state index contributed by atoms with van der Waals surface area (Å²) < 4.78 is 0. The molecule has 4 rings (SSSR count). The second kappa shape index (κ2) is 10.5. The zero-order chi connectivity index (χ0) is 23.9.